The molecule has 124 valence electrons. The lowest BCUT2D eigenvalue weighted by Gasteiger charge is -2.11. The van der Waals surface area contributed by atoms with Crippen molar-refractivity contribution >= 4 is 33.4 Å². The number of para-hydroxylation sites is 1. The summed E-state index contributed by atoms with van der Waals surface area (Å²) in [6, 6.07) is 10.3. The van der Waals surface area contributed by atoms with Gasteiger partial charge in [0.25, 0.3) is 0 Å². The van der Waals surface area contributed by atoms with Crippen LogP contribution in [0, 0.1) is 0 Å². The lowest BCUT2D eigenvalue weighted by molar-refractivity contribution is 0.186. The number of anilines is 3. The molecule has 0 saturated heterocycles. The average molecular weight is 380 g/mol. The van der Waals surface area contributed by atoms with Crippen LogP contribution in [0.3, 0.4) is 0 Å². The molecule has 0 aliphatic rings. The predicted molar refractivity (Wildman–Crippen MR) is 96.8 cm³/mol. The molecule has 0 atom stereocenters. The van der Waals surface area contributed by atoms with Crippen molar-refractivity contribution in [3.05, 3.63) is 41.0 Å². The van der Waals surface area contributed by atoms with E-state index in [9.17, 15) is 0 Å². The van der Waals surface area contributed by atoms with Crippen LogP contribution in [-0.4, -0.2) is 29.2 Å². The van der Waals surface area contributed by atoms with Gasteiger partial charge in [-0.05, 0) is 41.0 Å². The number of hydrogen-bond donors (Lipinski definition) is 3. The van der Waals surface area contributed by atoms with Crippen molar-refractivity contribution in [2.75, 3.05) is 23.9 Å². The van der Waals surface area contributed by atoms with Gasteiger partial charge in [0.2, 0.25) is 5.95 Å². The first kappa shape index (κ1) is 17.7. The summed E-state index contributed by atoms with van der Waals surface area (Å²) in [5, 5.41) is 6.57. The second-order valence-corrected chi connectivity index (χ2v) is 6.15. The van der Waals surface area contributed by atoms with Crippen molar-refractivity contribution in [1.82, 2.24) is 15.3 Å². The van der Waals surface area contributed by atoms with Crippen LogP contribution >= 0.6 is 15.9 Å². The third-order valence-corrected chi connectivity index (χ3v) is 3.50. The molecule has 23 heavy (non-hydrogen) atoms. The zero-order valence-corrected chi connectivity index (χ0v) is 14.9. The van der Waals surface area contributed by atoms with E-state index >= 15 is 0 Å². The van der Waals surface area contributed by atoms with E-state index in [4.69, 9.17) is 4.84 Å². The third kappa shape index (κ3) is 6.52. The SMILES string of the molecule is CC(C)NCCCONc1ncc(Br)c(Nc2ccccc2)n1. The fourth-order valence-corrected chi connectivity index (χ4v) is 2.10. The number of benzene rings is 1. The van der Waals surface area contributed by atoms with Crippen molar-refractivity contribution in [2.24, 2.45) is 0 Å². The second-order valence-electron chi connectivity index (χ2n) is 5.29. The molecule has 3 N–H and O–H groups in total. The van der Waals surface area contributed by atoms with E-state index in [1.54, 1.807) is 6.20 Å². The molecule has 7 heteroatoms. The van der Waals surface area contributed by atoms with Crippen LogP contribution in [0.2, 0.25) is 0 Å². The summed E-state index contributed by atoms with van der Waals surface area (Å²) in [4.78, 5) is 14.0. The molecule has 2 rings (SSSR count). The Morgan fingerprint density at radius 2 is 2.00 bits per heavy atom. The summed E-state index contributed by atoms with van der Waals surface area (Å²) in [7, 11) is 0. The smallest absolute Gasteiger partial charge is 0.249 e. The van der Waals surface area contributed by atoms with Crippen LogP contribution in [0.15, 0.2) is 41.0 Å². The van der Waals surface area contributed by atoms with Gasteiger partial charge in [-0.1, -0.05) is 32.0 Å². The van der Waals surface area contributed by atoms with Crippen molar-refractivity contribution in [3.63, 3.8) is 0 Å². The summed E-state index contributed by atoms with van der Waals surface area (Å²) >= 11 is 3.44. The van der Waals surface area contributed by atoms with Gasteiger partial charge in [0.05, 0.1) is 11.1 Å². The number of hydrogen-bond acceptors (Lipinski definition) is 6. The van der Waals surface area contributed by atoms with Gasteiger partial charge >= 0.3 is 0 Å². The fraction of sp³-hybridized carbons (Fsp3) is 0.375. The Morgan fingerprint density at radius 3 is 2.74 bits per heavy atom. The molecule has 0 amide bonds. The maximum atomic E-state index is 5.39. The largest absolute Gasteiger partial charge is 0.339 e. The zero-order valence-electron chi connectivity index (χ0n) is 13.3. The molecule has 1 heterocycles. The van der Waals surface area contributed by atoms with Crippen molar-refractivity contribution in [3.8, 4) is 0 Å². The van der Waals surface area contributed by atoms with E-state index in [2.05, 4.69) is 55.9 Å². The maximum Gasteiger partial charge on any atom is 0.249 e. The molecular formula is C16H22BrN5O. The molecule has 0 radical (unpaired) electrons. The summed E-state index contributed by atoms with van der Waals surface area (Å²) in [5.41, 5.74) is 3.73. The Hall–Kier alpha value is -1.70. The van der Waals surface area contributed by atoms with Crippen LogP contribution < -0.4 is 16.1 Å². The van der Waals surface area contributed by atoms with Gasteiger partial charge in [0.15, 0.2) is 0 Å². The van der Waals surface area contributed by atoms with Crippen molar-refractivity contribution in [2.45, 2.75) is 26.3 Å². The van der Waals surface area contributed by atoms with Crippen molar-refractivity contribution < 1.29 is 4.84 Å². The molecule has 6 nitrogen and oxygen atoms in total. The second kappa shape index (κ2) is 9.44. The Kier molecular flexibility index (Phi) is 7.25. The van der Waals surface area contributed by atoms with Crippen molar-refractivity contribution in [1.29, 1.82) is 0 Å². The highest BCUT2D eigenvalue weighted by Gasteiger charge is 2.05. The molecular weight excluding hydrogens is 358 g/mol. The lowest BCUT2D eigenvalue weighted by Crippen LogP contribution is -2.24. The van der Waals surface area contributed by atoms with Crippen LogP contribution in [0.5, 0.6) is 0 Å². The molecule has 0 fully saturated rings. The minimum Gasteiger partial charge on any atom is -0.339 e. The Bertz CT molecular complexity index is 594. The normalized spacial score (nSPS) is 10.8. The molecule has 0 aliphatic carbocycles. The van der Waals surface area contributed by atoms with Gasteiger partial charge in [-0.25, -0.2) is 10.5 Å². The number of aromatic nitrogens is 2. The van der Waals surface area contributed by atoms with Crippen LogP contribution in [0.4, 0.5) is 17.5 Å². The van der Waals surface area contributed by atoms with E-state index in [0.717, 1.165) is 23.1 Å². The number of nitrogens with one attached hydrogen (secondary N) is 3. The monoisotopic (exact) mass is 379 g/mol. The number of rotatable bonds is 9. The van der Waals surface area contributed by atoms with Gasteiger partial charge in [0, 0.05) is 17.9 Å². The highest BCUT2D eigenvalue weighted by molar-refractivity contribution is 9.10. The summed E-state index contributed by atoms with van der Waals surface area (Å²) < 4.78 is 0.785. The van der Waals surface area contributed by atoms with Gasteiger partial charge in [0.1, 0.15) is 5.82 Å². The van der Waals surface area contributed by atoms with Crippen LogP contribution in [0.25, 0.3) is 0 Å². The lowest BCUT2D eigenvalue weighted by atomic mass is 10.3. The molecule has 1 aromatic carbocycles. The first-order valence-electron chi connectivity index (χ1n) is 7.61. The summed E-state index contributed by atoms with van der Waals surface area (Å²) in [6.45, 7) is 5.74. The predicted octanol–water partition coefficient (Wildman–Crippen LogP) is 3.71. The molecule has 1 aromatic heterocycles. The molecule has 0 spiro atoms. The molecule has 2 aromatic rings. The van der Waals surface area contributed by atoms with E-state index in [1.807, 2.05) is 30.3 Å². The van der Waals surface area contributed by atoms with Crippen LogP contribution in [0.1, 0.15) is 20.3 Å². The standard InChI is InChI=1S/C16H22BrN5O/c1-12(2)18-9-6-10-23-22-16-19-11-14(17)15(21-16)20-13-7-4-3-5-8-13/h3-5,7-8,11-12,18H,6,9-10H2,1-2H3,(H2,19,20,21,22). The van der Waals surface area contributed by atoms with Gasteiger partial charge in [-0.2, -0.15) is 4.98 Å². The number of halogens is 1. The first-order valence-corrected chi connectivity index (χ1v) is 8.40. The van der Waals surface area contributed by atoms with Gasteiger partial charge < -0.3 is 10.6 Å². The van der Waals surface area contributed by atoms with E-state index in [-0.39, 0.29) is 0 Å². The quantitative estimate of drug-likeness (QED) is 0.455. The summed E-state index contributed by atoms with van der Waals surface area (Å²) in [5.74, 6) is 1.10. The fourth-order valence-electron chi connectivity index (χ4n) is 1.81. The average Bonchev–Trinajstić information content (AvgIpc) is 2.54. The van der Waals surface area contributed by atoms with Crippen LogP contribution in [-0.2, 0) is 4.84 Å². The first-order chi connectivity index (χ1) is 11.1. The van der Waals surface area contributed by atoms with E-state index < -0.39 is 0 Å². The minimum atomic E-state index is 0.420. The molecule has 0 aliphatic heterocycles. The highest BCUT2D eigenvalue weighted by Crippen LogP contribution is 2.23. The van der Waals surface area contributed by atoms with E-state index in [0.29, 0.717) is 24.4 Å². The Morgan fingerprint density at radius 1 is 1.22 bits per heavy atom. The maximum absolute atomic E-state index is 5.39. The van der Waals surface area contributed by atoms with E-state index in [1.165, 1.54) is 0 Å². The Labute approximate surface area is 145 Å². The van der Waals surface area contributed by atoms with Gasteiger partial charge in [-0.3, -0.25) is 4.84 Å². The topological polar surface area (TPSA) is 71.1 Å². The molecule has 0 unspecified atom stereocenters. The highest BCUT2D eigenvalue weighted by atomic mass is 79.9. The van der Waals surface area contributed by atoms with Gasteiger partial charge in [-0.15, -0.1) is 0 Å². The molecule has 0 saturated carbocycles. The number of nitrogens with zero attached hydrogens (tertiary/aromatic N) is 2. The minimum absolute atomic E-state index is 0.420. The Balaban J connectivity index is 1.83. The third-order valence-electron chi connectivity index (χ3n) is 2.92. The summed E-state index contributed by atoms with van der Waals surface area (Å²) in [6.07, 6.45) is 2.60. The molecule has 0 bridgehead atoms. The zero-order chi connectivity index (χ0) is 16.5.